The maximum absolute atomic E-state index is 12.5. The van der Waals surface area contributed by atoms with Crippen LogP contribution in [0.2, 0.25) is 0 Å². The standard InChI is InChI=1S/C19H20F3N3O2.2ClH/c1-12-8-9-23-11-16(12)25-18(26)13-2-5-15(6-3-13)27-17-7-4-14(10-24-17)19(20,21)22;;/h2-7,10,12,16,23H,8-9,11H2,1H3,(H,25,26);2*1H. The van der Waals surface area contributed by atoms with Crippen LogP contribution in [0.25, 0.3) is 0 Å². The number of hydrogen-bond acceptors (Lipinski definition) is 4. The van der Waals surface area contributed by atoms with Gasteiger partial charge in [0.25, 0.3) is 5.91 Å². The molecule has 160 valence electrons. The number of ether oxygens (including phenoxy) is 1. The molecule has 1 aromatic carbocycles. The van der Waals surface area contributed by atoms with Gasteiger partial charge in [0.05, 0.1) is 5.56 Å². The smallest absolute Gasteiger partial charge is 0.417 e. The summed E-state index contributed by atoms with van der Waals surface area (Å²) in [5.41, 5.74) is -0.353. The minimum absolute atomic E-state index is 0. The molecule has 1 aliphatic rings. The summed E-state index contributed by atoms with van der Waals surface area (Å²) in [4.78, 5) is 16.0. The number of pyridine rings is 1. The molecule has 0 aliphatic carbocycles. The highest BCUT2D eigenvalue weighted by atomic mass is 35.5. The van der Waals surface area contributed by atoms with E-state index in [0.717, 1.165) is 37.8 Å². The molecule has 0 saturated carbocycles. The first-order valence-corrected chi connectivity index (χ1v) is 8.65. The van der Waals surface area contributed by atoms with Gasteiger partial charge in [-0.05, 0) is 49.2 Å². The van der Waals surface area contributed by atoms with E-state index < -0.39 is 11.7 Å². The zero-order chi connectivity index (χ0) is 19.4. The second-order valence-corrected chi connectivity index (χ2v) is 6.56. The lowest BCUT2D eigenvalue weighted by molar-refractivity contribution is -0.137. The number of carbonyl (C=O) groups is 1. The number of carbonyl (C=O) groups excluding carboxylic acids is 1. The Morgan fingerprint density at radius 2 is 1.86 bits per heavy atom. The number of piperidine rings is 1. The Bertz CT molecular complexity index is 787. The van der Waals surface area contributed by atoms with Crippen LogP contribution in [0.5, 0.6) is 11.6 Å². The highest BCUT2D eigenvalue weighted by Gasteiger charge is 2.30. The van der Waals surface area contributed by atoms with Crippen molar-refractivity contribution in [3.05, 3.63) is 53.7 Å². The van der Waals surface area contributed by atoms with Crippen molar-refractivity contribution in [1.82, 2.24) is 15.6 Å². The zero-order valence-corrected chi connectivity index (χ0v) is 17.2. The normalized spacial score (nSPS) is 18.8. The number of benzene rings is 1. The molecule has 2 aromatic rings. The predicted octanol–water partition coefficient (Wildman–Crippen LogP) is 4.46. The molecule has 0 bridgehead atoms. The maximum atomic E-state index is 12.5. The van der Waals surface area contributed by atoms with Gasteiger partial charge in [-0.3, -0.25) is 4.79 Å². The Morgan fingerprint density at radius 1 is 1.17 bits per heavy atom. The van der Waals surface area contributed by atoms with E-state index >= 15 is 0 Å². The molecule has 5 nitrogen and oxygen atoms in total. The number of rotatable bonds is 4. The van der Waals surface area contributed by atoms with Crippen LogP contribution in [0, 0.1) is 5.92 Å². The topological polar surface area (TPSA) is 63.2 Å². The molecule has 0 spiro atoms. The Labute approximate surface area is 179 Å². The summed E-state index contributed by atoms with van der Waals surface area (Å²) in [7, 11) is 0. The van der Waals surface area contributed by atoms with Crippen LogP contribution in [-0.2, 0) is 6.18 Å². The van der Waals surface area contributed by atoms with Crippen molar-refractivity contribution in [3.8, 4) is 11.6 Å². The summed E-state index contributed by atoms with van der Waals surface area (Å²) in [5, 5.41) is 6.27. The number of nitrogens with one attached hydrogen (secondary N) is 2. The van der Waals surface area contributed by atoms with E-state index in [2.05, 4.69) is 22.5 Å². The van der Waals surface area contributed by atoms with Gasteiger partial charge in [0.15, 0.2) is 0 Å². The van der Waals surface area contributed by atoms with Gasteiger partial charge in [-0.25, -0.2) is 4.98 Å². The SMILES string of the molecule is CC1CCNCC1NC(=O)c1ccc(Oc2ccc(C(F)(F)F)cn2)cc1.Cl.Cl. The highest BCUT2D eigenvalue weighted by molar-refractivity contribution is 5.94. The first-order chi connectivity index (χ1) is 12.8. The summed E-state index contributed by atoms with van der Waals surface area (Å²) in [6.45, 7) is 3.81. The van der Waals surface area contributed by atoms with Gasteiger partial charge in [-0.2, -0.15) is 13.2 Å². The molecular weight excluding hydrogens is 430 g/mol. The van der Waals surface area contributed by atoms with E-state index in [1.165, 1.54) is 0 Å². The molecule has 1 amide bonds. The molecule has 0 radical (unpaired) electrons. The molecule has 1 aliphatic heterocycles. The second kappa shape index (κ2) is 10.7. The van der Waals surface area contributed by atoms with E-state index in [1.807, 2.05) is 0 Å². The van der Waals surface area contributed by atoms with Gasteiger partial charge in [0.1, 0.15) is 5.75 Å². The molecule has 2 N–H and O–H groups in total. The lowest BCUT2D eigenvalue weighted by atomic mass is 9.94. The van der Waals surface area contributed by atoms with Crippen LogP contribution >= 0.6 is 24.8 Å². The van der Waals surface area contributed by atoms with Crippen LogP contribution in [-0.4, -0.2) is 30.0 Å². The van der Waals surface area contributed by atoms with E-state index in [9.17, 15) is 18.0 Å². The first kappa shape index (κ1) is 25.0. The number of halogens is 5. The average molecular weight is 452 g/mol. The van der Waals surface area contributed by atoms with Gasteiger partial charge in [0, 0.05) is 30.4 Å². The van der Waals surface area contributed by atoms with Crippen LogP contribution < -0.4 is 15.4 Å². The molecule has 2 atom stereocenters. The van der Waals surface area contributed by atoms with Gasteiger partial charge in [-0.1, -0.05) is 6.92 Å². The number of aromatic nitrogens is 1. The minimum Gasteiger partial charge on any atom is -0.439 e. The maximum Gasteiger partial charge on any atom is 0.417 e. The van der Waals surface area contributed by atoms with Crippen molar-refractivity contribution in [2.24, 2.45) is 5.92 Å². The fourth-order valence-corrected chi connectivity index (χ4v) is 2.84. The van der Waals surface area contributed by atoms with Crippen molar-refractivity contribution >= 4 is 30.7 Å². The molecule has 29 heavy (non-hydrogen) atoms. The van der Waals surface area contributed by atoms with Gasteiger partial charge in [-0.15, -0.1) is 24.8 Å². The van der Waals surface area contributed by atoms with Crippen molar-refractivity contribution in [2.45, 2.75) is 25.6 Å². The summed E-state index contributed by atoms with van der Waals surface area (Å²) in [6.07, 6.45) is -2.71. The summed E-state index contributed by atoms with van der Waals surface area (Å²) < 4.78 is 43.0. The number of nitrogens with zero attached hydrogens (tertiary/aromatic N) is 1. The van der Waals surface area contributed by atoms with Crippen LogP contribution in [0.4, 0.5) is 13.2 Å². The Kier molecular flexibility index (Phi) is 9.19. The van der Waals surface area contributed by atoms with Crippen LogP contribution in [0.3, 0.4) is 0 Å². The first-order valence-electron chi connectivity index (χ1n) is 8.65. The predicted molar refractivity (Wildman–Crippen MR) is 108 cm³/mol. The lowest BCUT2D eigenvalue weighted by Gasteiger charge is -2.30. The Balaban J connectivity index is 0.00000210. The van der Waals surface area contributed by atoms with Gasteiger partial charge in [0.2, 0.25) is 5.88 Å². The van der Waals surface area contributed by atoms with Crippen molar-refractivity contribution in [2.75, 3.05) is 13.1 Å². The van der Waals surface area contributed by atoms with E-state index in [4.69, 9.17) is 4.74 Å². The third kappa shape index (κ3) is 6.76. The summed E-state index contributed by atoms with van der Waals surface area (Å²) in [6, 6.07) is 8.52. The summed E-state index contributed by atoms with van der Waals surface area (Å²) >= 11 is 0. The molecular formula is C19H22Cl2F3N3O2. The quantitative estimate of drug-likeness (QED) is 0.719. The molecule has 1 saturated heterocycles. The Morgan fingerprint density at radius 3 is 2.41 bits per heavy atom. The van der Waals surface area contributed by atoms with Gasteiger partial charge < -0.3 is 15.4 Å². The Hall–Kier alpha value is -2.03. The van der Waals surface area contributed by atoms with Crippen molar-refractivity contribution < 1.29 is 22.7 Å². The van der Waals surface area contributed by atoms with Crippen LogP contribution in [0.1, 0.15) is 29.3 Å². The fourth-order valence-electron chi connectivity index (χ4n) is 2.84. The third-order valence-corrected chi connectivity index (χ3v) is 4.55. The van der Waals surface area contributed by atoms with Crippen molar-refractivity contribution in [1.29, 1.82) is 0 Å². The highest BCUT2D eigenvalue weighted by Crippen LogP contribution is 2.30. The molecule has 1 aromatic heterocycles. The van der Waals surface area contributed by atoms with E-state index in [0.29, 0.717) is 17.2 Å². The molecule has 3 rings (SSSR count). The number of amides is 1. The zero-order valence-electron chi connectivity index (χ0n) is 15.5. The molecule has 10 heteroatoms. The van der Waals surface area contributed by atoms with Gasteiger partial charge >= 0.3 is 6.18 Å². The number of alkyl halides is 3. The largest absolute Gasteiger partial charge is 0.439 e. The molecule has 1 fully saturated rings. The third-order valence-electron chi connectivity index (χ3n) is 4.55. The lowest BCUT2D eigenvalue weighted by Crippen LogP contribution is -2.50. The minimum atomic E-state index is -4.44. The molecule has 2 unspecified atom stereocenters. The monoisotopic (exact) mass is 451 g/mol. The number of hydrogen-bond donors (Lipinski definition) is 2. The fraction of sp³-hybridized carbons (Fsp3) is 0.368. The van der Waals surface area contributed by atoms with E-state index in [-0.39, 0.29) is 42.6 Å². The van der Waals surface area contributed by atoms with E-state index in [1.54, 1.807) is 24.3 Å². The van der Waals surface area contributed by atoms with Crippen LogP contribution in [0.15, 0.2) is 42.6 Å². The second-order valence-electron chi connectivity index (χ2n) is 6.56. The molecule has 2 heterocycles. The average Bonchev–Trinajstić information content (AvgIpc) is 2.64. The summed E-state index contributed by atoms with van der Waals surface area (Å²) in [5.74, 6) is 0.659. The van der Waals surface area contributed by atoms with Crippen molar-refractivity contribution in [3.63, 3.8) is 0 Å².